The monoisotopic (exact) mass is 296 g/mol. The SMILES string of the molecule is CC1CCCN(C(=O)c2cc(NN)c(F)cc2[N+](=O)[O-])C1. The highest BCUT2D eigenvalue weighted by atomic mass is 19.1. The highest BCUT2D eigenvalue weighted by Crippen LogP contribution is 2.28. The van der Waals surface area contributed by atoms with Gasteiger partial charge in [0.05, 0.1) is 16.7 Å². The lowest BCUT2D eigenvalue weighted by Crippen LogP contribution is -2.39. The molecule has 1 fully saturated rings. The van der Waals surface area contributed by atoms with E-state index < -0.39 is 22.3 Å². The van der Waals surface area contributed by atoms with E-state index >= 15 is 0 Å². The van der Waals surface area contributed by atoms with E-state index in [0.29, 0.717) is 19.0 Å². The molecule has 1 aromatic rings. The smallest absolute Gasteiger partial charge is 0.285 e. The second-order valence-corrected chi connectivity index (χ2v) is 5.25. The van der Waals surface area contributed by atoms with Gasteiger partial charge in [-0.05, 0) is 24.8 Å². The third kappa shape index (κ3) is 3.10. The van der Waals surface area contributed by atoms with Gasteiger partial charge in [0, 0.05) is 13.1 Å². The molecule has 1 aliphatic heterocycles. The van der Waals surface area contributed by atoms with Crippen LogP contribution in [0.3, 0.4) is 0 Å². The first-order valence-electron chi connectivity index (χ1n) is 6.68. The van der Waals surface area contributed by atoms with Gasteiger partial charge in [0.2, 0.25) is 0 Å². The van der Waals surface area contributed by atoms with Gasteiger partial charge in [-0.15, -0.1) is 0 Å². The van der Waals surface area contributed by atoms with Gasteiger partial charge in [-0.1, -0.05) is 6.92 Å². The van der Waals surface area contributed by atoms with E-state index in [1.807, 2.05) is 6.92 Å². The fourth-order valence-corrected chi connectivity index (χ4v) is 2.54. The van der Waals surface area contributed by atoms with Crippen molar-refractivity contribution in [2.45, 2.75) is 19.8 Å². The fourth-order valence-electron chi connectivity index (χ4n) is 2.54. The molecule has 0 radical (unpaired) electrons. The average Bonchev–Trinajstić information content (AvgIpc) is 2.46. The number of amides is 1. The Balaban J connectivity index is 2.40. The second-order valence-electron chi connectivity index (χ2n) is 5.25. The lowest BCUT2D eigenvalue weighted by atomic mass is 9.99. The van der Waals surface area contributed by atoms with Crippen molar-refractivity contribution in [1.29, 1.82) is 0 Å². The van der Waals surface area contributed by atoms with Crippen molar-refractivity contribution in [3.8, 4) is 0 Å². The predicted octanol–water partition coefficient (Wildman–Crippen LogP) is 1.89. The number of nitrogen functional groups attached to an aromatic ring is 1. The molecule has 0 aliphatic carbocycles. The van der Waals surface area contributed by atoms with Gasteiger partial charge in [0.15, 0.2) is 5.82 Å². The van der Waals surface area contributed by atoms with E-state index in [1.165, 1.54) is 0 Å². The zero-order valence-electron chi connectivity index (χ0n) is 11.6. The topological polar surface area (TPSA) is 102 Å². The fraction of sp³-hybridized carbons (Fsp3) is 0.462. The van der Waals surface area contributed by atoms with Crippen molar-refractivity contribution in [3.63, 3.8) is 0 Å². The number of likely N-dealkylation sites (tertiary alicyclic amines) is 1. The van der Waals surface area contributed by atoms with E-state index in [9.17, 15) is 19.3 Å². The number of hydrogen-bond donors (Lipinski definition) is 2. The second kappa shape index (κ2) is 6.04. The third-order valence-corrected chi connectivity index (χ3v) is 3.61. The zero-order chi connectivity index (χ0) is 15.6. The average molecular weight is 296 g/mol. The molecule has 0 bridgehead atoms. The van der Waals surface area contributed by atoms with Crippen LogP contribution in [0.15, 0.2) is 12.1 Å². The summed E-state index contributed by atoms with van der Waals surface area (Å²) in [5.74, 6) is 4.17. The molecule has 0 saturated carbocycles. The summed E-state index contributed by atoms with van der Waals surface area (Å²) in [6.45, 7) is 3.10. The van der Waals surface area contributed by atoms with Crippen LogP contribution in [0.25, 0.3) is 0 Å². The van der Waals surface area contributed by atoms with Gasteiger partial charge in [-0.2, -0.15) is 0 Å². The van der Waals surface area contributed by atoms with Crippen LogP contribution in [-0.2, 0) is 0 Å². The number of nitrogens with two attached hydrogens (primary N) is 1. The molecule has 1 atom stereocenters. The van der Waals surface area contributed by atoms with Crippen LogP contribution in [0.1, 0.15) is 30.1 Å². The van der Waals surface area contributed by atoms with E-state index in [4.69, 9.17) is 5.84 Å². The number of rotatable bonds is 3. The molecular weight excluding hydrogens is 279 g/mol. The number of halogens is 1. The van der Waals surface area contributed by atoms with Gasteiger partial charge in [-0.3, -0.25) is 20.8 Å². The molecule has 7 nitrogen and oxygen atoms in total. The molecule has 114 valence electrons. The maximum Gasteiger partial charge on any atom is 0.285 e. The van der Waals surface area contributed by atoms with Crippen LogP contribution < -0.4 is 11.3 Å². The normalized spacial score (nSPS) is 18.4. The number of carbonyl (C=O) groups is 1. The lowest BCUT2D eigenvalue weighted by molar-refractivity contribution is -0.385. The number of nitrogens with one attached hydrogen (secondary N) is 1. The van der Waals surface area contributed by atoms with Gasteiger partial charge >= 0.3 is 0 Å². The largest absolute Gasteiger partial charge is 0.338 e. The number of anilines is 1. The summed E-state index contributed by atoms with van der Waals surface area (Å²) in [5, 5.41) is 11.0. The van der Waals surface area contributed by atoms with Crippen LogP contribution in [-0.4, -0.2) is 28.8 Å². The zero-order valence-corrected chi connectivity index (χ0v) is 11.6. The summed E-state index contributed by atoms with van der Waals surface area (Å²) in [6, 6.07) is 1.81. The molecule has 1 aromatic carbocycles. The minimum Gasteiger partial charge on any atom is -0.338 e. The van der Waals surface area contributed by atoms with Crippen molar-refractivity contribution >= 4 is 17.3 Å². The Kier molecular flexibility index (Phi) is 4.37. The Morgan fingerprint density at radius 1 is 1.57 bits per heavy atom. The Hall–Kier alpha value is -2.22. The van der Waals surface area contributed by atoms with Gasteiger partial charge < -0.3 is 10.3 Å². The molecule has 8 heteroatoms. The third-order valence-electron chi connectivity index (χ3n) is 3.61. The summed E-state index contributed by atoms with van der Waals surface area (Å²) in [7, 11) is 0. The molecule has 0 aromatic heterocycles. The number of hydrazine groups is 1. The summed E-state index contributed by atoms with van der Waals surface area (Å²) in [5.41, 5.74) is 1.26. The summed E-state index contributed by atoms with van der Waals surface area (Å²) < 4.78 is 13.6. The first kappa shape index (κ1) is 15.2. The summed E-state index contributed by atoms with van der Waals surface area (Å²) in [6.07, 6.45) is 1.87. The van der Waals surface area contributed by atoms with Crippen molar-refractivity contribution < 1.29 is 14.1 Å². The van der Waals surface area contributed by atoms with Crippen molar-refractivity contribution in [3.05, 3.63) is 33.6 Å². The van der Waals surface area contributed by atoms with Gasteiger partial charge in [0.25, 0.3) is 11.6 Å². The van der Waals surface area contributed by atoms with Crippen LogP contribution in [0, 0.1) is 21.8 Å². The molecule has 1 amide bonds. The van der Waals surface area contributed by atoms with Gasteiger partial charge in [-0.25, -0.2) is 4.39 Å². The van der Waals surface area contributed by atoms with Crippen LogP contribution in [0.5, 0.6) is 0 Å². The number of benzene rings is 1. The number of carbonyl (C=O) groups excluding carboxylic acids is 1. The number of piperidine rings is 1. The van der Waals surface area contributed by atoms with Gasteiger partial charge in [0.1, 0.15) is 5.56 Å². The maximum atomic E-state index is 13.6. The number of nitrogens with zero attached hydrogens (tertiary/aromatic N) is 2. The van der Waals surface area contributed by atoms with E-state index in [-0.39, 0.29) is 11.3 Å². The highest BCUT2D eigenvalue weighted by molar-refractivity contribution is 5.99. The maximum absolute atomic E-state index is 13.6. The highest BCUT2D eigenvalue weighted by Gasteiger charge is 2.29. The van der Waals surface area contributed by atoms with Crippen LogP contribution in [0.4, 0.5) is 15.8 Å². The molecule has 1 heterocycles. The Morgan fingerprint density at radius 3 is 2.86 bits per heavy atom. The number of nitro groups is 1. The Morgan fingerprint density at radius 2 is 2.29 bits per heavy atom. The predicted molar refractivity (Wildman–Crippen MR) is 75.2 cm³/mol. The van der Waals surface area contributed by atoms with Crippen molar-refractivity contribution in [1.82, 2.24) is 4.90 Å². The molecule has 1 unspecified atom stereocenters. The molecule has 1 aliphatic rings. The quantitative estimate of drug-likeness (QED) is 0.504. The van der Waals surface area contributed by atoms with Crippen molar-refractivity contribution in [2.24, 2.45) is 11.8 Å². The molecule has 0 spiro atoms. The molecule has 2 rings (SSSR count). The molecular formula is C13H17FN4O3. The standard InChI is InChI=1S/C13H17FN4O3/c1-8-3-2-4-17(7-8)13(19)9-5-11(16-15)10(14)6-12(9)18(20)21/h5-6,8,16H,2-4,7,15H2,1H3. The van der Waals surface area contributed by atoms with E-state index in [1.54, 1.807) is 4.90 Å². The van der Waals surface area contributed by atoms with Crippen molar-refractivity contribution in [2.75, 3.05) is 18.5 Å². The first-order chi connectivity index (χ1) is 9.93. The molecule has 3 N–H and O–H groups in total. The van der Waals surface area contributed by atoms with Crippen LogP contribution in [0.2, 0.25) is 0 Å². The minimum atomic E-state index is -0.868. The minimum absolute atomic E-state index is 0.144. The van der Waals surface area contributed by atoms with E-state index in [0.717, 1.165) is 25.0 Å². The first-order valence-corrected chi connectivity index (χ1v) is 6.68. The summed E-state index contributed by atoms with van der Waals surface area (Å²) in [4.78, 5) is 24.3. The summed E-state index contributed by atoms with van der Waals surface area (Å²) >= 11 is 0. The Bertz CT molecular complexity index is 579. The number of hydrogen-bond acceptors (Lipinski definition) is 5. The molecule has 1 saturated heterocycles. The number of nitro benzene ring substituents is 1. The van der Waals surface area contributed by atoms with E-state index in [2.05, 4.69) is 5.43 Å². The molecule has 21 heavy (non-hydrogen) atoms. The van der Waals surface area contributed by atoms with Crippen LogP contribution >= 0.6 is 0 Å². The Labute approximate surface area is 121 Å². The lowest BCUT2D eigenvalue weighted by Gasteiger charge is -2.30.